The molecule has 3 rings (SSSR count). The maximum Gasteiger partial charge on any atom is 0.265 e. The van der Waals surface area contributed by atoms with Crippen LogP contribution in [0.1, 0.15) is 53.5 Å². The maximum absolute atomic E-state index is 12.4. The largest absolute Gasteiger partial charge is 0.482 e. The van der Waals surface area contributed by atoms with E-state index in [1.54, 1.807) is 35.2 Å². The van der Waals surface area contributed by atoms with Gasteiger partial charge in [0.25, 0.3) is 11.8 Å². The minimum absolute atomic E-state index is 0.0399. The second-order valence-electron chi connectivity index (χ2n) is 6.99. The van der Waals surface area contributed by atoms with Crippen LogP contribution in [0.15, 0.2) is 42.5 Å². The van der Waals surface area contributed by atoms with Gasteiger partial charge in [-0.1, -0.05) is 19.1 Å². The van der Waals surface area contributed by atoms with Crippen molar-refractivity contribution in [1.29, 1.82) is 0 Å². The summed E-state index contributed by atoms with van der Waals surface area (Å²) in [4.78, 5) is 37.9. The highest BCUT2D eigenvalue weighted by Crippen LogP contribution is 2.34. The SMILES string of the molecule is CC[C@H](C)NC(=O)c1ccc(CN2C(=O)COc3ccc(C(C)=O)cc32)cc1. The molecule has 1 heterocycles. The Balaban J connectivity index is 1.80. The summed E-state index contributed by atoms with van der Waals surface area (Å²) in [6.07, 6.45) is 0.866. The fourth-order valence-electron chi connectivity index (χ4n) is 2.95. The Morgan fingerprint density at radius 1 is 1.14 bits per heavy atom. The van der Waals surface area contributed by atoms with Crippen molar-refractivity contribution < 1.29 is 19.1 Å². The minimum Gasteiger partial charge on any atom is -0.482 e. The molecular formula is C22H24N2O4. The normalized spacial score (nSPS) is 14.1. The summed E-state index contributed by atoms with van der Waals surface area (Å²) in [5.41, 5.74) is 2.58. The van der Waals surface area contributed by atoms with E-state index in [-0.39, 0.29) is 30.2 Å². The fraction of sp³-hybridized carbons (Fsp3) is 0.318. The Hall–Kier alpha value is -3.15. The number of ether oxygens (including phenoxy) is 1. The summed E-state index contributed by atoms with van der Waals surface area (Å²) in [7, 11) is 0. The number of nitrogens with one attached hydrogen (secondary N) is 1. The van der Waals surface area contributed by atoms with E-state index in [1.807, 2.05) is 26.0 Å². The average molecular weight is 380 g/mol. The van der Waals surface area contributed by atoms with Crippen LogP contribution < -0.4 is 15.0 Å². The molecule has 0 aliphatic carbocycles. The number of anilines is 1. The van der Waals surface area contributed by atoms with Gasteiger partial charge in [-0.2, -0.15) is 0 Å². The molecule has 6 nitrogen and oxygen atoms in total. The fourth-order valence-corrected chi connectivity index (χ4v) is 2.95. The Kier molecular flexibility index (Phi) is 5.78. The van der Waals surface area contributed by atoms with Crippen molar-refractivity contribution in [3.8, 4) is 5.75 Å². The standard InChI is InChI=1S/C22H24N2O4/c1-4-14(2)23-22(27)17-7-5-16(6-8-17)12-24-19-11-18(15(3)25)9-10-20(19)28-13-21(24)26/h5-11,14H,4,12-13H2,1-3H3,(H,23,27)/t14-/m0/s1. The highest BCUT2D eigenvalue weighted by molar-refractivity contribution is 6.01. The van der Waals surface area contributed by atoms with Crippen LogP contribution in [0.25, 0.3) is 0 Å². The number of rotatable bonds is 6. The van der Waals surface area contributed by atoms with Crippen LogP contribution in [0.5, 0.6) is 5.75 Å². The van der Waals surface area contributed by atoms with Gasteiger partial charge in [-0.25, -0.2) is 0 Å². The van der Waals surface area contributed by atoms with Gasteiger partial charge in [-0.15, -0.1) is 0 Å². The second-order valence-corrected chi connectivity index (χ2v) is 6.99. The third-order valence-electron chi connectivity index (χ3n) is 4.86. The molecule has 0 bridgehead atoms. The van der Waals surface area contributed by atoms with Crippen LogP contribution in [0.4, 0.5) is 5.69 Å². The van der Waals surface area contributed by atoms with E-state index in [0.29, 0.717) is 29.1 Å². The van der Waals surface area contributed by atoms with E-state index in [0.717, 1.165) is 12.0 Å². The highest BCUT2D eigenvalue weighted by Gasteiger charge is 2.26. The van der Waals surface area contributed by atoms with Crippen molar-refractivity contribution in [3.05, 3.63) is 59.2 Å². The zero-order valence-electron chi connectivity index (χ0n) is 16.3. The van der Waals surface area contributed by atoms with Crippen molar-refractivity contribution in [3.63, 3.8) is 0 Å². The molecule has 0 aromatic heterocycles. The summed E-state index contributed by atoms with van der Waals surface area (Å²) in [6.45, 7) is 5.76. The lowest BCUT2D eigenvalue weighted by Crippen LogP contribution is -2.38. The number of carbonyl (C=O) groups is 3. The average Bonchev–Trinajstić information content (AvgIpc) is 2.70. The number of hydrogen-bond acceptors (Lipinski definition) is 4. The smallest absolute Gasteiger partial charge is 0.265 e. The molecule has 0 spiro atoms. The van der Waals surface area contributed by atoms with Gasteiger partial charge in [0, 0.05) is 17.2 Å². The molecule has 146 valence electrons. The van der Waals surface area contributed by atoms with Crippen molar-refractivity contribution in [1.82, 2.24) is 5.32 Å². The number of benzene rings is 2. The third kappa shape index (κ3) is 4.22. The lowest BCUT2D eigenvalue weighted by Gasteiger charge is -2.29. The molecule has 0 saturated carbocycles. The molecule has 1 atom stereocenters. The Morgan fingerprint density at radius 3 is 2.46 bits per heavy atom. The number of amides is 2. The zero-order valence-corrected chi connectivity index (χ0v) is 16.3. The molecule has 6 heteroatoms. The third-order valence-corrected chi connectivity index (χ3v) is 4.86. The summed E-state index contributed by atoms with van der Waals surface area (Å²) in [5.74, 6) is 0.221. The van der Waals surface area contributed by atoms with Crippen molar-refractivity contribution in [2.24, 2.45) is 0 Å². The molecule has 0 radical (unpaired) electrons. The van der Waals surface area contributed by atoms with Crippen LogP contribution in [0.2, 0.25) is 0 Å². The summed E-state index contributed by atoms with van der Waals surface area (Å²) < 4.78 is 5.48. The van der Waals surface area contributed by atoms with Gasteiger partial charge in [0.05, 0.1) is 12.2 Å². The number of nitrogens with zero attached hydrogens (tertiary/aromatic N) is 1. The molecule has 0 unspecified atom stereocenters. The Labute approximate surface area is 164 Å². The zero-order chi connectivity index (χ0) is 20.3. The van der Waals surface area contributed by atoms with Crippen LogP contribution in [0, 0.1) is 0 Å². The summed E-state index contributed by atoms with van der Waals surface area (Å²) in [6, 6.07) is 12.4. The first-order valence-electron chi connectivity index (χ1n) is 9.37. The predicted octanol–water partition coefficient (Wildman–Crippen LogP) is 3.34. The Morgan fingerprint density at radius 2 is 1.82 bits per heavy atom. The van der Waals surface area contributed by atoms with E-state index in [1.165, 1.54) is 6.92 Å². The molecule has 0 saturated heterocycles. The predicted molar refractivity (Wildman–Crippen MR) is 107 cm³/mol. The highest BCUT2D eigenvalue weighted by atomic mass is 16.5. The summed E-state index contributed by atoms with van der Waals surface area (Å²) >= 11 is 0. The van der Waals surface area contributed by atoms with E-state index >= 15 is 0 Å². The maximum atomic E-state index is 12.4. The summed E-state index contributed by atoms with van der Waals surface area (Å²) in [5, 5.41) is 2.93. The topological polar surface area (TPSA) is 75.7 Å². The molecule has 2 aromatic carbocycles. The second kappa shape index (κ2) is 8.25. The van der Waals surface area contributed by atoms with Crippen LogP contribution in [-0.2, 0) is 11.3 Å². The van der Waals surface area contributed by atoms with Gasteiger partial charge in [-0.3, -0.25) is 14.4 Å². The monoisotopic (exact) mass is 380 g/mol. The van der Waals surface area contributed by atoms with Crippen LogP contribution in [0.3, 0.4) is 0 Å². The molecule has 0 fully saturated rings. The van der Waals surface area contributed by atoms with Gasteiger partial charge in [0.15, 0.2) is 12.4 Å². The van der Waals surface area contributed by atoms with Gasteiger partial charge in [-0.05, 0) is 56.2 Å². The lowest BCUT2D eigenvalue weighted by atomic mass is 10.1. The van der Waals surface area contributed by atoms with Crippen molar-refractivity contribution >= 4 is 23.3 Å². The van der Waals surface area contributed by atoms with Gasteiger partial charge < -0.3 is 15.0 Å². The van der Waals surface area contributed by atoms with E-state index in [9.17, 15) is 14.4 Å². The van der Waals surface area contributed by atoms with Gasteiger partial charge in [0.2, 0.25) is 0 Å². The van der Waals surface area contributed by atoms with Gasteiger partial charge in [0.1, 0.15) is 5.75 Å². The molecular weight excluding hydrogens is 356 g/mol. The van der Waals surface area contributed by atoms with Gasteiger partial charge >= 0.3 is 0 Å². The lowest BCUT2D eigenvalue weighted by molar-refractivity contribution is -0.121. The molecule has 28 heavy (non-hydrogen) atoms. The number of fused-ring (bicyclic) bond motifs is 1. The van der Waals surface area contributed by atoms with Crippen molar-refractivity contribution in [2.45, 2.75) is 39.8 Å². The minimum atomic E-state index is -0.174. The number of Topliss-reactive ketones (excluding diaryl/α,β-unsaturated/α-hetero) is 1. The Bertz CT molecular complexity index is 905. The van der Waals surface area contributed by atoms with Crippen LogP contribution in [-0.4, -0.2) is 30.2 Å². The molecule has 1 aliphatic rings. The quantitative estimate of drug-likeness (QED) is 0.780. The number of carbonyl (C=O) groups excluding carboxylic acids is 3. The number of ketones is 1. The van der Waals surface area contributed by atoms with Crippen LogP contribution >= 0.6 is 0 Å². The first-order valence-corrected chi connectivity index (χ1v) is 9.37. The van der Waals surface area contributed by atoms with Crippen molar-refractivity contribution in [2.75, 3.05) is 11.5 Å². The first kappa shape index (κ1) is 19.6. The molecule has 2 amide bonds. The van der Waals surface area contributed by atoms with E-state index < -0.39 is 0 Å². The molecule has 1 aliphatic heterocycles. The molecule has 1 N–H and O–H groups in total. The van der Waals surface area contributed by atoms with E-state index in [2.05, 4.69) is 5.32 Å². The first-order chi connectivity index (χ1) is 13.4. The van der Waals surface area contributed by atoms with E-state index in [4.69, 9.17) is 4.74 Å². The molecule has 2 aromatic rings. The number of hydrogen-bond donors (Lipinski definition) is 1.